The van der Waals surface area contributed by atoms with Crippen LogP contribution in [0.5, 0.6) is 5.75 Å². The lowest BCUT2D eigenvalue weighted by molar-refractivity contribution is 0.0770. The summed E-state index contributed by atoms with van der Waals surface area (Å²) in [7, 11) is 0. The van der Waals surface area contributed by atoms with Gasteiger partial charge in [0.2, 0.25) is 0 Å². The van der Waals surface area contributed by atoms with E-state index in [1.807, 2.05) is 0 Å². The third kappa shape index (κ3) is 4.23. The van der Waals surface area contributed by atoms with Crippen LogP contribution < -0.4 is 10.1 Å². The maximum absolute atomic E-state index is 13.4. The molecule has 0 spiro atoms. The standard InChI is InChI=1S/C13H17BrFNO2/c14-10-1-2-12(15)13(9-10)18-8-5-16-11-3-6-17-7-4-11/h1-2,9,11,16H,3-8H2. The Labute approximate surface area is 115 Å². The van der Waals surface area contributed by atoms with Crippen molar-refractivity contribution in [1.82, 2.24) is 5.32 Å². The van der Waals surface area contributed by atoms with E-state index in [0.29, 0.717) is 12.6 Å². The summed E-state index contributed by atoms with van der Waals surface area (Å²) in [6.45, 7) is 2.82. The number of rotatable bonds is 5. The maximum Gasteiger partial charge on any atom is 0.165 e. The van der Waals surface area contributed by atoms with Crippen molar-refractivity contribution in [1.29, 1.82) is 0 Å². The molecule has 0 bridgehead atoms. The zero-order chi connectivity index (χ0) is 12.8. The van der Waals surface area contributed by atoms with E-state index in [2.05, 4.69) is 21.2 Å². The summed E-state index contributed by atoms with van der Waals surface area (Å²) in [6.07, 6.45) is 2.07. The molecular weight excluding hydrogens is 301 g/mol. The number of halogens is 2. The molecular formula is C13H17BrFNO2. The largest absolute Gasteiger partial charge is 0.489 e. The van der Waals surface area contributed by atoms with Crippen LogP contribution in [0.3, 0.4) is 0 Å². The summed E-state index contributed by atoms with van der Waals surface area (Å²) in [5.74, 6) is -0.0394. The van der Waals surface area contributed by atoms with Crippen molar-refractivity contribution in [3.05, 3.63) is 28.5 Å². The number of ether oxygens (including phenoxy) is 2. The van der Waals surface area contributed by atoms with Crippen molar-refractivity contribution in [3.63, 3.8) is 0 Å². The van der Waals surface area contributed by atoms with Crippen LogP contribution in [0.4, 0.5) is 4.39 Å². The van der Waals surface area contributed by atoms with Crippen molar-refractivity contribution in [2.24, 2.45) is 0 Å². The number of benzene rings is 1. The molecule has 0 saturated carbocycles. The average Bonchev–Trinajstić information content (AvgIpc) is 2.40. The van der Waals surface area contributed by atoms with Gasteiger partial charge in [-0.25, -0.2) is 4.39 Å². The second-order valence-electron chi connectivity index (χ2n) is 4.26. The van der Waals surface area contributed by atoms with Crippen molar-refractivity contribution < 1.29 is 13.9 Å². The second-order valence-corrected chi connectivity index (χ2v) is 5.18. The highest BCUT2D eigenvalue weighted by molar-refractivity contribution is 9.10. The van der Waals surface area contributed by atoms with Crippen LogP contribution >= 0.6 is 15.9 Å². The summed E-state index contributed by atoms with van der Waals surface area (Å²) < 4.78 is 24.9. The highest BCUT2D eigenvalue weighted by Crippen LogP contribution is 2.21. The van der Waals surface area contributed by atoms with Gasteiger partial charge in [0.15, 0.2) is 11.6 Å². The molecule has 1 aliphatic rings. The second kappa shape index (κ2) is 7.07. The van der Waals surface area contributed by atoms with Gasteiger partial charge in [-0.1, -0.05) is 15.9 Å². The fraction of sp³-hybridized carbons (Fsp3) is 0.538. The first kappa shape index (κ1) is 13.8. The summed E-state index contributed by atoms with van der Waals surface area (Å²) in [6, 6.07) is 5.19. The lowest BCUT2D eigenvalue weighted by atomic mass is 10.1. The third-order valence-corrected chi connectivity index (χ3v) is 3.40. The zero-order valence-corrected chi connectivity index (χ0v) is 11.7. The van der Waals surface area contributed by atoms with Crippen LogP contribution in [0.15, 0.2) is 22.7 Å². The molecule has 1 aromatic carbocycles. The number of hydrogen-bond donors (Lipinski definition) is 1. The molecule has 0 atom stereocenters. The van der Waals surface area contributed by atoms with Gasteiger partial charge in [-0.3, -0.25) is 0 Å². The van der Waals surface area contributed by atoms with E-state index in [0.717, 1.165) is 37.1 Å². The van der Waals surface area contributed by atoms with E-state index in [1.54, 1.807) is 12.1 Å². The van der Waals surface area contributed by atoms with E-state index >= 15 is 0 Å². The van der Waals surface area contributed by atoms with Crippen LogP contribution in [0.2, 0.25) is 0 Å². The molecule has 0 unspecified atom stereocenters. The first-order valence-corrected chi connectivity index (χ1v) is 6.94. The molecule has 1 aliphatic heterocycles. The van der Waals surface area contributed by atoms with Crippen LogP contribution in [-0.4, -0.2) is 32.4 Å². The van der Waals surface area contributed by atoms with Gasteiger partial charge in [-0.2, -0.15) is 0 Å². The Morgan fingerprint density at radius 3 is 2.94 bits per heavy atom. The average molecular weight is 318 g/mol. The minimum Gasteiger partial charge on any atom is -0.489 e. The van der Waals surface area contributed by atoms with Gasteiger partial charge in [0.25, 0.3) is 0 Å². The van der Waals surface area contributed by atoms with Gasteiger partial charge in [-0.15, -0.1) is 0 Å². The van der Waals surface area contributed by atoms with Crippen LogP contribution in [0, 0.1) is 5.82 Å². The third-order valence-electron chi connectivity index (χ3n) is 2.91. The number of nitrogens with one attached hydrogen (secondary N) is 1. The van der Waals surface area contributed by atoms with Crippen LogP contribution in [-0.2, 0) is 4.74 Å². The van der Waals surface area contributed by atoms with Gasteiger partial charge in [0.05, 0.1) is 0 Å². The highest BCUT2D eigenvalue weighted by atomic mass is 79.9. The normalized spacial score (nSPS) is 16.8. The van der Waals surface area contributed by atoms with E-state index < -0.39 is 0 Å². The number of hydrogen-bond acceptors (Lipinski definition) is 3. The first-order chi connectivity index (χ1) is 8.75. The summed E-state index contributed by atoms with van der Waals surface area (Å²) in [5.41, 5.74) is 0. The van der Waals surface area contributed by atoms with E-state index in [9.17, 15) is 4.39 Å². The van der Waals surface area contributed by atoms with Gasteiger partial charge < -0.3 is 14.8 Å². The monoisotopic (exact) mass is 317 g/mol. The lowest BCUT2D eigenvalue weighted by Gasteiger charge is -2.23. The molecule has 18 heavy (non-hydrogen) atoms. The minimum atomic E-state index is -0.329. The van der Waals surface area contributed by atoms with E-state index in [4.69, 9.17) is 9.47 Å². The van der Waals surface area contributed by atoms with Gasteiger partial charge in [0.1, 0.15) is 6.61 Å². The molecule has 1 fully saturated rings. The lowest BCUT2D eigenvalue weighted by Crippen LogP contribution is -2.37. The quantitative estimate of drug-likeness (QED) is 0.847. The molecule has 0 aromatic heterocycles. The van der Waals surface area contributed by atoms with Crippen molar-refractivity contribution in [3.8, 4) is 5.75 Å². The molecule has 100 valence electrons. The molecule has 1 heterocycles. The molecule has 1 saturated heterocycles. The van der Waals surface area contributed by atoms with Crippen LogP contribution in [0.25, 0.3) is 0 Å². The van der Waals surface area contributed by atoms with Crippen LogP contribution in [0.1, 0.15) is 12.8 Å². The van der Waals surface area contributed by atoms with E-state index in [-0.39, 0.29) is 11.6 Å². The molecule has 0 aliphatic carbocycles. The molecule has 1 N–H and O–H groups in total. The highest BCUT2D eigenvalue weighted by Gasteiger charge is 2.12. The topological polar surface area (TPSA) is 30.5 Å². The Morgan fingerprint density at radius 1 is 1.39 bits per heavy atom. The Balaban J connectivity index is 1.69. The molecule has 2 rings (SSSR count). The zero-order valence-electron chi connectivity index (χ0n) is 10.1. The van der Waals surface area contributed by atoms with Gasteiger partial charge in [-0.05, 0) is 31.0 Å². The summed E-state index contributed by atoms with van der Waals surface area (Å²) in [4.78, 5) is 0. The Hall–Kier alpha value is -0.650. The fourth-order valence-corrected chi connectivity index (χ4v) is 2.25. The smallest absolute Gasteiger partial charge is 0.165 e. The van der Waals surface area contributed by atoms with Crippen molar-refractivity contribution >= 4 is 15.9 Å². The molecule has 0 amide bonds. The summed E-state index contributed by atoms with van der Waals surface area (Å²) in [5, 5.41) is 3.39. The maximum atomic E-state index is 13.4. The molecule has 5 heteroatoms. The Morgan fingerprint density at radius 2 is 2.17 bits per heavy atom. The molecule has 0 radical (unpaired) electrons. The van der Waals surface area contributed by atoms with Gasteiger partial charge >= 0.3 is 0 Å². The SMILES string of the molecule is Fc1ccc(Br)cc1OCCNC1CCOCC1. The predicted octanol–water partition coefficient (Wildman–Crippen LogP) is 2.74. The van der Waals surface area contributed by atoms with Crippen molar-refractivity contribution in [2.75, 3.05) is 26.4 Å². The Kier molecular flexibility index (Phi) is 5.41. The predicted molar refractivity (Wildman–Crippen MR) is 71.4 cm³/mol. The van der Waals surface area contributed by atoms with Crippen molar-refractivity contribution in [2.45, 2.75) is 18.9 Å². The molecule has 1 aromatic rings. The Bertz CT molecular complexity index is 383. The van der Waals surface area contributed by atoms with Gasteiger partial charge in [0, 0.05) is 30.3 Å². The van der Waals surface area contributed by atoms with E-state index in [1.165, 1.54) is 6.07 Å². The first-order valence-electron chi connectivity index (χ1n) is 6.14. The summed E-state index contributed by atoms with van der Waals surface area (Å²) >= 11 is 3.29. The molecule has 3 nitrogen and oxygen atoms in total. The fourth-order valence-electron chi connectivity index (χ4n) is 1.91. The minimum absolute atomic E-state index is 0.290.